The van der Waals surface area contributed by atoms with Crippen LogP contribution in [0.15, 0.2) is 41.8 Å². The maximum absolute atomic E-state index is 11.7. The summed E-state index contributed by atoms with van der Waals surface area (Å²) in [7, 11) is 0. The Kier molecular flexibility index (Phi) is 5.08. The summed E-state index contributed by atoms with van der Waals surface area (Å²) < 4.78 is 0. The Bertz CT molecular complexity index is 379. The molecule has 0 radical (unpaired) electrons. The van der Waals surface area contributed by atoms with E-state index in [0.29, 0.717) is 6.42 Å². The van der Waals surface area contributed by atoms with E-state index in [1.165, 1.54) is 0 Å². The Balaban J connectivity index is 2.72. The average molecular weight is 236 g/mol. The number of anilines is 1. The number of hydrogen-bond acceptors (Lipinski definition) is 3. The van der Waals surface area contributed by atoms with Crippen LogP contribution in [0.1, 0.15) is 6.42 Å². The monoisotopic (exact) mass is 236 g/mol. The third-order valence-corrected chi connectivity index (χ3v) is 2.92. The summed E-state index contributed by atoms with van der Waals surface area (Å²) in [5.41, 5.74) is 6.48. The van der Waals surface area contributed by atoms with E-state index >= 15 is 0 Å². The van der Waals surface area contributed by atoms with E-state index in [0.717, 1.165) is 10.6 Å². The van der Waals surface area contributed by atoms with Crippen LogP contribution in [-0.4, -0.2) is 18.2 Å². The topological polar surface area (TPSA) is 55.1 Å². The average Bonchev–Trinajstić information content (AvgIpc) is 2.30. The lowest BCUT2D eigenvalue weighted by Gasteiger charge is -2.12. The Hall–Kier alpha value is -1.26. The molecule has 0 fully saturated rings. The molecule has 0 saturated carbocycles. The van der Waals surface area contributed by atoms with Crippen molar-refractivity contribution in [3.05, 3.63) is 36.9 Å². The Morgan fingerprint density at radius 3 is 2.94 bits per heavy atom. The number of hydrogen-bond donors (Lipinski definition) is 2. The van der Waals surface area contributed by atoms with E-state index in [-0.39, 0.29) is 5.91 Å². The zero-order valence-corrected chi connectivity index (χ0v) is 10.1. The molecular weight excluding hydrogens is 220 g/mol. The van der Waals surface area contributed by atoms with Crippen molar-refractivity contribution in [2.45, 2.75) is 17.4 Å². The summed E-state index contributed by atoms with van der Waals surface area (Å²) in [6, 6.07) is 7.11. The predicted molar refractivity (Wildman–Crippen MR) is 69.6 cm³/mol. The molecule has 4 heteroatoms. The van der Waals surface area contributed by atoms with Crippen molar-refractivity contribution in [1.29, 1.82) is 0 Å². The quantitative estimate of drug-likeness (QED) is 0.609. The van der Waals surface area contributed by atoms with Gasteiger partial charge < -0.3 is 11.1 Å². The molecule has 1 aromatic rings. The summed E-state index contributed by atoms with van der Waals surface area (Å²) in [6.07, 6.45) is 4.09. The number of amides is 1. The minimum Gasteiger partial charge on any atom is -0.324 e. The molecule has 0 aromatic heterocycles. The lowest BCUT2D eigenvalue weighted by molar-refractivity contribution is -0.117. The van der Waals surface area contributed by atoms with Crippen LogP contribution in [0, 0.1) is 0 Å². The van der Waals surface area contributed by atoms with Gasteiger partial charge in [-0.05, 0) is 24.8 Å². The van der Waals surface area contributed by atoms with Crippen LogP contribution in [0.5, 0.6) is 0 Å². The minimum absolute atomic E-state index is 0.179. The van der Waals surface area contributed by atoms with Crippen molar-refractivity contribution in [3.63, 3.8) is 0 Å². The summed E-state index contributed by atoms with van der Waals surface area (Å²) in [4.78, 5) is 12.7. The molecule has 0 aliphatic heterocycles. The molecule has 16 heavy (non-hydrogen) atoms. The van der Waals surface area contributed by atoms with E-state index in [1.54, 1.807) is 17.8 Å². The number of carbonyl (C=O) groups excluding carboxylic acids is 1. The van der Waals surface area contributed by atoms with Crippen molar-refractivity contribution in [1.82, 2.24) is 0 Å². The number of carbonyl (C=O) groups is 1. The maximum Gasteiger partial charge on any atom is 0.241 e. The Morgan fingerprint density at radius 2 is 2.31 bits per heavy atom. The van der Waals surface area contributed by atoms with Crippen LogP contribution in [0.4, 0.5) is 5.69 Å². The van der Waals surface area contributed by atoms with Crippen molar-refractivity contribution < 1.29 is 4.79 Å². The highest BCUT2D eigenvalue weighted by Crippen LogP contribution is 2.24. The number of nitrogens with one attached hydrogen (secondary N) is 1. The summed E-state index contributed by atoms with van der Waals surface area (Å²) in [5.74, 6) is -0.179. The molecule has 1 aromatic carbocycles. The molecule has 0 heterocycles. The largest absolute Gasteiger partial charge is 0.324 e. The fraction of sp³-hybridized carbons (Fsp3) is 0.250. The molecule has 0 saturated heterocycles. The predicted octanol–water partition coefficient (Wildman–Crippen LogP) is 2.25. The molecular formula is C12H16N2OS. The van der Waals surface area contributed by atoms with Crippen molar-refractivity contribution in [3.8, 4) is 0 Å². The molecule has 0 aliphatic carbocycles. The SMILES string of the molecule is C=CCC(N)C(=O)Nc1ccccc1SC. The molecule has 1 amide bonds. The first-order valence-electron chi connectivity index (χ1n) is 4.99. The fourth-order valence-corrected chi connectivity index (χ4v) is 1.81. The van der Waals surface area contributed by atoms with Gasteiger partial charge in [-0.25, -0.2) is 0 Å². The Morgan fingerprint density at radius 1 is 1.62 bits per heavy atom. The first-order chi connectivity index (χ1) is 7.69. The molecule has 0 bridgehead atoms. The fourth-order valence-electron chi connectivity index (χ4n) is 1.26. The summed E-state index contributed by atoms with van der Waals surface area (Å²) >= 11 is 1.59. The van der Waals surface area contributed by atoms with Crippen LogP contribution >= 0.6 is 11.8 Å². The van der Waals surface area contributed by atoms with Crippen LogP contribution in [0.3, 0.4) is 0 Å². The minimum atomic E-state index is -0.535. The second kappa shape index (κ2) is 6.35. The summed E-state index contributed by atoms with van der Waals surface area (Å²) in [5, 5.41) is 2.81. The second-order valence-corrected chi connectivity index (χ2v) is 4.17. The number of nitrogens with two attached hydrogens (primary N) is 1. The van der Waals surface area contributed by atoms with Gasteiger partial charge in [-0.2, -0.15) is 0 Å². The standard InChI is InChI=1S/C12H16N2OS/c1-3-6-9(13)12(15)14-10-7-4-5-8-11(10)16-2/h3-5,7-9H,1,6,13H2,2H3,(H,14,15). The summed E-state index contributed by atoms with van der Waals surface area (Å²) in [6.45, 7) is 3.56. The van der Waals surface area contributed by atoms with Crippen molar-refractivity contribution in [2.24, 2.45) is 5.73 Å². The van der Waals surface area contributed by atoms with Crippen molar-refractivity contribution in [2.75, 3.05) is 11.6 Å². The van der Waals surface area contributed by atoms with Gasteiger partial charge in [-0.15, -0.1) is 18.3 Å². The van der Waals surface area contributed by atoms with E-state index in [4.69, 9.17) is 5.73 Å². The van der Waals surface area contributed by atoms with Gasteiger partial charge in [0.15, 0.2) is 0 Å². The normalized spacial score (nSPS) is 11.9. The first-order valence-corrected chi connectivity index (χ1v) is 6.22. The zero-order valence-electron chi connectivity index (χ0n) is 9.27. The van der Waals surface area contributed by atoms with E-state index in [1.807, 2.05) is 30.5 Å². The maximum atomic E-state index is 11.7. The van der Waals surface area contributed by atoms with Gasteiger partial charge in [0.25, 0.3) is 0 Å². The van der Waals surface area contributed by atoms with Crippen LogP contribution in [0.2, 0.25) is 0 Å². The van der Waals surface area contributed by atoms with Gasteiger partial charge >= 0.3 is 0 Å². The van der Waals surface area contributed by atoms with Gasteiger partial charge in [-0.3, -0.25) is 4.79 Å². The van der Waals surface area contributed by atoms with Gasteiger partial charge in [-0.1, -0.05) is 18.2 Å². The highest BCUT2D eigenvalue weighted by Gasteiger charge is 2.12. The smallest absolute Gasteiger partial charge is 0.241 e. The molecule has 1 unspecified atom stereocenters. The number of thioether (sulfide) groups is 1. The van der Waals surface area contributed by atoms with Gasteiger partial charge in [0.05, 0.1) is 11.7 Å². The second-order valence-electron chi connectivity index (χ2n) is 3.32. The van der Waals surface area contributed by atoms with Crippen LogP contribution in [-0.2, 0) is 4.79 Å². The molecule has 0 aliphatic rings. The number of benzene rings is 1. The van der Waals surface area contributed by atoms with Crippen molar-refractivity contribution >= 4 is 23.4 Å². The van der Waals surface area contributed by atoms with Gasteiger partial charge in [0.2, 0.25) is 5.91 Å². The molecule has 86 valence electrons. The number of rotatable bonds is 5. The lowest BCUT2D eigenvalue weighted by Crippen LogP contribution is -2.35. The highest BCUT2D eigenvalue weighted by molar-refractivity contribution is 7.98. The Labute approximate surface area is 100 Å². The third kappa shape index (κ3) is 3.40. The van der Waals surface area contributed by atoms with E-state index < -0.39 is 6.04 Å². The highest BCUT2D eigenvalue weighted by atomic mass is 32.2. The van der Waals surface area contributed by atoms with Crippen LogP contribution in [0.25, 0.3) is 0 Å². The molecule has 0 spiro atoms. The lowest BCUT2D eigenvalue weighted by atomic mass is 10.2. The molecule has 3 N–H and O–H groups in total. The zero-order chi connectivity index (χ0) is 12.0. The third-order valence-electron chi connectivity index (χ3n) is 2.12. The van der Waals surface area contributed by atoms with E-state index in [2.05, 4.69) is 11.9 Å². The number of para-hydroxylation sites is 1. The molecule has 3 nitrogen and oxygen atoms in total. The van der Waals surface area contributed by atoms with E-state index in [9.17, 15) is 4.79 Å². The van der Waals surface area contributed by atoms with Gasteiger partial charge in [0.1, 0.15) is 0 Å². The first kappa shape index (κ1) is 12.8. The van der Waals surface area contributed by atoms with Crippen LogP contribution < -0.4 is 11.1 Å². The molecule has 1 rings (SSSR count). The van der Waals surface area contributed by atoms with Gasteiger partial charge in [0, 0.05) is 4.90 Å². The molecule has 1 atom stereocenters.